The molecule has 0 atom stereocenters. The molecule has 0 aromatic heterocycles. The minimum absolute atomic E-state index is 0.207. The zero-order chi connectivity index (χ0) is 12.1. The van der Waals surface area contributed by atoms with E-state index < -0.39 is 0 Å². The third kappa shape index (κ3) is 3.91. The number of nitrogens with zero attached hydrogens (tertiary/aromatic N) is 1. The Morgan fingerprint density at radius 2 is 1.82 bits per heavy atom. The normalized spacial score (nSPS) is 24.9. The summed E-state index contributed by atoms with van der Waals surface area (Å²) in [7, 11) is 4.25. The summed E-state index contributed by atoms with van der Waals surface area (Å²) in [6.45, 7) is 3.84. The van der Waals surface area contributed by atoms with Crippen molar-refractivity contribution < 1.29 is 9.47 Å². The van der Waals surface area contributed by atoms with Crippen LogP contribution in [0.4, 0.5) is 0 Å². The van der Waals surface area contributed by atoms with E-state index in [0.717, 1.165) is 39.1 Å². The Balaban J connectivity index is 1.59. The fraction of sp³-hybridized carbons (Fsp3) is 1.00. The first-order chi connectivity index (χ1) is 8.20. The number of nitrogens with one attached hydrogen (secondary N) is 1. The molecule has 2 rings (SSSR count). The fourth-order valence-corrected chi connectivity index (χ4v) is 2.75. The topological polar surface area (TPSA) is 33.7 Å². The average Bonchev–Trinajstić information content (AvgIpc) is 2.75. The summed E-state index contributed by atoms with van der Waals surface area (Å²) in [6.07, 6.45) is 5.70. The Bertz CT molecular complexity index is 217. The van der Waals surface area contributed by atoms with Crippen LogP contribution in [0.15, 0.2) is 0 Å². The molecule has 1 N–H and O–H groups in total. The van der Waals surface area contributed by atoms with Crippen LogP contribution >= 0.6 is 0 Å². The zero-order valence-electron chi connectivity index (χ0n) is 11.2. The van der Waals surface area contributed by atoms with E-state index >= 15 is 0 Å². The molecule has 0 aromatic rings. The molecule has 1 saturated heterocycles. The summed E-state index contributed by atoms with van der Waals surface area (Å²) in [6, 6.07) is 0.663. The molecule has 1 aliphatic heterocycles. The van der Waals surface area contributed by atoms with Gasteiger partial charge >= 0.3 is 0 Å². The number of ether oxygens (including phenoxy) is 2. The van der Waals surface area contributed by atoms with E-state index in [0.29, 0.717) is 6.04 Å². The Hall–Kier alpha value is -0.160. The van der Waals surface area contributed by atoms with E-state index in [2.05, 4.69) is 24.3 Å². The predicted molar refractivity (Wildman–Crippen MR) is 68.1 cm³/mol. The van der Waals surface area contributed by atoms with Crippen molar-refractivity contribution >= 4 is 0 Å². The van der Waals surface area contributed by atoms with Gasteiger partial charge in [0.1, 0.15) is 0 Å². The molecule has 1 saturated carbocycles. The minimum Gasteiger partial charge on any atom is -0.348 e. The largest absolute Gasteiger partial charge is 0.348 e. The molecule has 4 nitrogen and oxygen atoms in total. The lowest BCUT2D eigenvalue weighted by molar-refractivity contribution is -0.179. The summed E-state index contributed by atoms with van der Waals surface area (Å²) < 4.78 is 11.5. The fourth-order valence-electron chi connectivity index (χ4n) is 2.75. The summed E-state index contributed by atoms with van der Waals surface area (Å²) >= 11 is 0. The van der Waals surface area contributed by atoms with Crippen molar-refractivity contribution in [2.45, 2.75) is 43.9 Å². The Kier molecular flexibility index (Phi) is 4.79. The monoisotopic (exact) mass is 242 g/mol. The van der Waals surface area contributed by atoms with Gasteiger partial charge in [-0.15, -0.1) is 0 Å². The third-order valence-corrected chi connectivity index (χ3v) is 3.78. The maximum atomic E-state index is 5.73. The van der Waals surface area contributed by atoms with Gasteiger partial charge in [0.15, 0.2) is 5.79 Å². The lowest BCUT2D eigenvalue weighted by Gasteiger charge is -2.35. The van der Waals surface area contributed by atoms with Gasteiger partial charge in [-0.25, -0.2) is 0 Å². The summed E-state index contributed by atoms with van der Waals surface area (Å²) in [5.74, 6) is -0.207. The lowest BCUT2D eigenvalue weighted by Crippen LogP contribution is -2.42. The summed E-state index contributed by atoms with van der Waals surface area (Å²) in [5.41, 5.74) is 0. The van der Waals surface area contributed by atoms with Crippen molar-refractivity contribution in [2.24, 2.45) is 0 Å². The molecule has 0 unspecified atom stereocenters. The van der Waals surface area contributed by atoms with Crippen LogP contribution in [0.3, 0.4) is 0 Å². The van der Waals surface area contributed by atoms with Gasteiger partial charge in [0.25, 0.3) is 0 Å². The summed E-state index contributed by atoms with van der Waals surface area (Å²) in [5, 5.41) is 3.65. The van der Waals surface area contributed by atoms with E-state index in [1.165, 1.54) is 19.3 Å². The smallest absolute Gasteiger partial charge is 0.168 e. The highest BCUT2D eigenvalue weighted by molar-refractivity contribution is 4.85. The highest BCUT2D eigenvalue weighted by atomic mass is 16.7. The molecule has 4 heteroatoms. The van der Waals surface area contributed by atoms with Crippen molar-refractivity contribution in [1.29, 1.82) is 0 Å². The highest BCUT2D eigenvalue weighted by Crippen LogP contribution is 2.35. The van der Waals surface area contributed by atoms with Gasteiger partial charge in [-0.05, 0) is 46.4 Å². The van der Waals surface area contributed by atoms with E-state index in [1.807, 2.05) is 0 Å². The van der Waals surface area contributed by atoms with Gasteiger partial charge in [-0.1, -0.05) is 0 Å². The van der Waals surface area contributed by atoms with Crippen molar-refractivity contribution in [2.75, 3.05) is 40.4 Å². The Labute approximate surface area is 105 Å². The van der Waals surface area contributed by atoms with Crippen LogP contribution in [0, 0.1) is 0 Å². The highest BCUT2D eigenvalue weighted by Gasteiger charge is 2.39. The van der Waals surface area contributed by atoms with Crippen LogP contribution in [0.2, 0.25) is 0 Å². The van der Waals surface area contributed by atoms with Crippen LogP contribution in [0.5, 0.6) is 0 Å². The molecule has 0 bridgehead atoms. The van der Waals surface area contributed by atoms with Crippen LogP contribution in [0.1, 0.15) is 32.1 Å². The second-order valence-corrected chi connectivity index (χ2v) is 5.49. The standard InChI is InChI=1S/C13H26N2O2/c1-15(2)9-3-8-14-12-4-6-13(7-5-12)16-10-11-17-13/h12,14H,3-11H2,1-2H3. The van der Waals surface area contributed by atoms with Gasteiger partial charge < -0.3 is 19.7 Å². The van der Waals surface area contributed by atoms with Crippen LogP contribution in [0.25, 0.3) is 0 Å². The van der Waals surface area contributed by atoms with E-state index in [1.54, 1.807) is 0 Å². The van der Waals surface area contributed by atoms with Gasteiger partial charge in [-0.3, -0.25) is 0 Å². The molecule has 0 aromatic carbocycles. The van der Waals surface area contributed by atoms with Crippen LogP contribution in [-0.4, -0.2) is 57.1 Å². The lowest BCUT2D eigenvalue weighted by atomic mass is 9.90. The van der Waals surface area contributed by atoms with Crippen molar-refractivity contribution in [3.63, 3.8) is 0 Å². The van der Waals surface area contributed by atoms with Crippen molar-refractivity contribution in [3.8, 4) is 0 Å². The molecule has 2 fully saturated rings. The van der Waals surface area contributed by atoms with Gasteiger partial charge in [0.2, 0.25) is 0 Å². The first-order valence-electron chi connectivity index (χ1n) is 6.86. The van der Waals surface area contributed by atoms with Crippen molar-refractivity contribution in [3.05, 3.63) is 0 Å². The van der Waals surface area contributed by atoms with Gasteiger partial charge in [0, 0.05) is 18.9 Å². The molecule has 1 spiro atoms. The number of hydrogen-bond acceptors (Lipinski definition) is 4. The Morgan fingerprint density at radius 1 is 1.18 bits per heavy atom. The molecular formula is C13H26N2O2. The maximum Gasteiger partial charge on any atom is 0.168 e. The van der Waals surface area contributed by atoms with Crippen LogP contribution in [-0.2, 0) is 9.47 Å². The minimum atomic E-state index is -0.207. The van der Waals surface area contributed by atoms with E-state index in [-0.39, 0.29) is 5.79 Å². The van der Waals surface area contributed by atoms with Gasteiger partial charge in [-0.2, -0.15) is 0 Å². The molecule has 2 aliphatic rings. The second-order valence-electron chi connectivity index (χ2n) is 5.49. The summed E-state index contributed by atoms with van der Waals surface area (Å²) in [4.78, 5) is 2.23. The first-order valence-corrected chi connectivity index (χ1v) is 6.86. The maximum absolute atomic E-state index is 5.73. The zero-order valence-corrected chi connectivity index (χ0v) is 11.2. The predicted octanol–water partition coefficient (Wildman–Crippen LogP) is 1.21. The number of hydrogen-bond donors (Lipinski definition) is 1. The Morgan fingerprint density at radius 3 is 2.41 bits per heavy atom. The molecule has 17 heavy (non-hydrogen) atoms. The van der Waals surface area contributed by atoms with E-state index in [4.69, 9.17) is 9.47 Å². The molecular weight excluding hydrogens is 216 g/mol. The quantitative estimate of drug-likeness (QED) is 0.735. The average molecular weight is 242 g/mol. The molecule has 0 amide bonds. The van der Waals surface area contributed by atoms with Crippen LogP contribution < -0.4 is 5.32 Å². The molecule has 0 radical (unpaired) electrons. The van der Waals surface area contributed by atoms with Gasteiger partial charge in [0.05, 0.1) is 13.2 Å². The SMILES string of the molecule is CN(C)CCCNC1CCC2(CC1)OCCO2. The second kappa shape index (κ2) is 6.14. The number of rotatable bonds is 5. The van der Waals surface area contributed by atoms with Crippen molar-refractivity contribution in [1.82, 2.24) is 10.2 Å². The van der Waals surface area contributed by atoms with E-state index in [9.17, 15) is 0 Å². The third-order valence-electron chi connectivity index (χ3n) is 3.78. The molecule has 1 aliphatic carbocycles. The molecule has 100 valence electrons. The molecule has 1 heterocycles. The first kappa shape index (κ1) is 13.3.